The first-order chi connectivity index (χ1) is 14.0. The molecule has 2 aromatic carbocycles. The number of quaternary nitrogens is 1. The number of hydrogen-bond donors (Lipinski definition) is 1. The molecule has 0 bridgehead atoms. The maximum atomic E-state index is 12.3. The van der Waals surface area contributed by atoms with Crippen LogP contribution in [0.3, 0.4) is 0 Å². The van der Waals surface area contributed by atoms with Crippen LogP contribution < -0.4 is 5.73 Å². The minimum atomic E-state index is -0.581. The summed E-state index contributed by atoms with van der Waals surface area (Å²) in [6, 6.07) is 19.2. The van der Waals surface area contributed by atoms with Crippen molar-refractivity contribution in [2.75, 3.05) is 6.61 Å². The van der Waals surface area contributed by atoms with Crippen LogP contribution in [0.5, 0.6) is 0 Å². The van der Waals surface area contributed by atoms with Crippen molar-refractivity contribution >= 4 is 5.97 Å². The molecule has 6 nitrogen and oxygen atoms in total. The smallest absolute Gasteiger partial charge is 0.367 e. The van der Waals surface area contributed by atoms with E-state index in [1.807, 2.05) is 74.5 Å². The third kappa shape index (κ3) is 6.11. The van der Waals surface area contributed by atoms with Crippen LogP contribution in [0.25, 0.3) is 0 Å². The minimum absolute atomic E-state index is 0.184. The lowest BCUT2D eigenvalue weighted by Crippen LogP contribution is -2.67. The van der Waals surface area contributed by atoms with Gasteiger partial charge in [0.25, 0.3) is 0 Å². The van der Waals surface area contributed by atoms with Crippen molar-refractivity contribution < 1.29 is 29.5 Å². The molecule has 0 unspecified atom stereocenters. The fourth-order valence-electron chi connectivity index (χ4n) is 3.31. The molecule has 3 rings (SSSR count). The molecule has 1 aliphatic heterocycles. The van der Waals surface area contributed by atoms with Crippen molar-refractivity contribution in [1.82, 2.24) is 0 Å². The van der Waals surface area contributed by atoms with E-state index in [-0.39, 0.29) is 18.7 Å². The van der Waals surface area contributed by atoms with E-state index in [0.29, 0.717) is 13.2 Å². The molecule has 0 saturated carbocycles. The summed E-state index contributed by atoms with van der Waals surface area (Å²) < 4.78 is 24.0. The van der Waals surface area contributed by atoms with E-state index >= 15 is 0 Å². The van der Waals surface area contributed by atoms with Crippen molar-refractivity contribution in [3.05, 3.63) is 71.8 Å². The zero-order chi connectivity index (χ0) is 20.6. The van der Waals surface area contributed by atoms with E-state index in [9.17, 15) is 4.79 Å². The lowest BCUT2D eigenvalue weighted by atomic mass is 10.0. The molecular formula is C23H30NO5+. The first-order valence-corrected chi connectivity index (χ1v) is 10.0. The predicted molar refractivity (Wildman–Crippen MR) is 108 cm³/mol. The highest BCUT2D eigenvalue weighted by atomic mass is 16.6. The summed E-state index contributed by atoms with van der Waals surface area (Å²) in [5, 5.41) is 0. The number of ether oxygens (including phenoxy) is 4. The number of esters is 1. The zero-order valence-corrected chi connectivity index (χ0v) is 17.0. The van der Waals surface area contributed by atoms with E-state index in [1.165, 1.54) is 0 Å². The molecule has 3 N–H and O–H groups in total. The van der Waals surface area contributed by atoms with Gasteiger partial charge in [0, 0.05) is 0 Å². The maximum absolute atomic E-state index is 12.3. The number of rotatable bonds is 6. The Balaban J connectivity index is 1.78. The quantitative estimate of drug-likeness (QED) is 0.751. The Hall–Kier alpha value is -2.25. The molecule has 0 amide bonds. The Kier molecular flexibility index (Phi) is 7.77. The van der Waals surface area contributed by atoms with Crippen LogP contribution in [0.15, 0.2) is 60.7 Å². The largest absolute Gasteiger partial charge is 0.455 e. The van der Waals surface area contributed by atoms with Crippen LogP contribution in [-0.4, -0.2) is 43.0 Å². The van der Waals surface area contributed by atoms with Crippen LogP contribution in [0.1, 0.15) is 25.0 Å². The molecule has 29 heavy (non-hydrogen) atoms. The van der Waals surface area contributed by atoms with Crippen LogP contribution in [0, 0.1) is 0 Å². The van der Waals surface area contributed by atoms with Gasteiger partial charge in [-0.3, -0.25) is 0 Å². The van der Waals surface area contributed by atoms with Gasteiger partial charge in [-0.25, -0.2) is 4.79 Å². The lowest BCUT2D eigenvalue weighted by molar-refractivity contribution is -0.416. The highest BCUT2D eigenvalue weighted by molar-refractivity contribution is 5.74. The maximum Gasteiger partial charge on any atom is 0.367 e. The first-order valence-electron chi connectivity index (χ1n) is 10.0. The predicted octanol–water partition coefficient (Wildman–Crippen LogP) is 2.12. The second-order valence-electron chi connectivity index (χ2n) is 7.40. The molecule has 1 saturated heterocycles. The van der Waals surface area contributed by atoms with E-state index < -0.39 is 24.4 Å². The second-order valence-corrected chi connectivity index (χ2v) is 7.40. The van der Waals surface area contributed by atoms with E-state index in [1.54, 1.807) is 0 Å². The average Bonchev–Trinajstić information content (AvgIpc) is 2.77. The van der Waals surface area contributed by atoms with Crippen molar-refractivity contribution in [2.24, 2.45) is 0 Å². The molecule has 5 atom stereocenters. The molecule has 0 aromatic heterocycles. The van der Waals surface area contributed by atoms with Gasteiger partial charge in [-0.15, -0.1) is 0 Å². The van der Waals surface area contributed by atoms with Crippen LogP contribution in [-0.2, 0) is 37.0 Å². The van der Waals surface area contributed by atoms with Crippen molar-refractivity contribution in [2.45, 2.75) is 57.5 Å². The fraction of sp³-hybridized carbons (Fsp3) is 0.435. The summed E-state index contributed by atoms with van der Waals surface area (Å²) in [4.78, 5) is 12.3. The van der Waals surface area contributed by atoms with Crippen molar-refractivity contribution in [3.8, 4) is 0 Å². The Labute approximate surface area is 171 Å². The topological polar surface area (TPSA) is 81.6 Å². The molecule has 1 fully saturated rings. The van der Waals surface area contributed by atoms with Gasteiger partial charge in [-0.2, -0.15) is 0 Å². The normalized spacial score (nSPS) is 28.1. The van der Waals surface area contributed by atoms with E-state index in [4.69, 9.17) is 18.9 Å². The molecule has 1 aliphatic rings. The second kappa shape index (κ2) is 10.5. The summed E-state index contributed by atoms with van der Waals surface area (Å²) in [6.07, 6.45) is -1.68. The summed E-state index contributed by atoms with van der Waals surface area (Å²) in [5.41, 5.74) is 5.94. The van der Waals surface area contributed by atoms with Gasteiger partial charge in [0.05, 0.1) is 19.3 Å². The van der Waals surface area contributed by atoms with Crippen LogP contribution >= 0.6 is 0 Å². The third-order valence-corrected chi connectivity index (χ3v) is 5.02. The number of carbonyl (C=O) groups excluding carboxylic acids is 1. The lowest BCUT2D eigenvalue weighted by Gasteiger charge is -2.33. The van der Waals surface area contributed by atoms with Crippen LogP contribution in [0.2, 0.25) is 0 Å². The van der Waals surface area contributed by atoms with Gasteiger partial charge in [0.1, 0.15) is 24.9 Å². The molecule has 0 spiro atoms. The Morgan fingerprint density at radius 1 is 0.862 bits per heavy atom. The first kappa shape index (κ1) is 21.5. The van der Waals surface area contributed by atoms with Gasteiger partial charge in [-0.1, -0.05) is 60.7 Å². The standard InChI is InChI=1S/C23H29NO5/c1-16-21(27-13-18-9-5-3-6-10-18)22(28-14-19-11-7-4-8-12-19)17(2)29-23(25)20(24)15-26-16/h3-12,16-17,20-22H,13-15,24H2,1-2H3/p+1/t16-,17-,20-,21-,22-/m0/s1. The number of hydrogen-bond acceptors (Lipinski definition) is 5. The van der Waals surface area contributed by atoms with Gasteiger partial charge < -0.3 is 24.7 Å². The zero-order valence-electron chi connectivity index (χ0n) is 17.0. The van der Waals surface area contributed by atoms with Crippen LogP contribution in [0.4, 0.5) is 0 Å². The number of benzene rings is 2. The van der Waals surface area contributed by atoms with Gasteiger partial charge >= 0.3 is 5.97 Å². The summed E-state index contributed by atoms with van der Waals surface area (Å²) in [5.74, 6) is -0.387. The number of cyclic esters (lactones) is 1. The summed E-state index contributed by atoms with van der Waals surface area (Å²) in [7, 11) is 0. The molecule has 156 valence electrons. The highest BCUT2D eigenvalue weighted by Crippen LogP contribution is 2.22. The van der Waals surface area contributed by atoms with E-state index in [0.717, 1.165) is 11.1 Å². The molecule has 0 radical (unpaired) electrons. The summed E-state index contributed by atoms with van der Waals surface area (Å²) in [6.45, 7) is 4.75. The van der Waals surface area contributed by atoms with Gasteiger partial charge in [0.2, 0.25) is 6.04 Å². The average molecular weight is 400 g/mol. The van der Waals surface area contributed by atoms with E-state index in [2.05, 4.69) is 5.73 Å². The highest BCUT2D eigenvalue weighted by Gasteiger charge is 2.39. The SMILES string of the molecule is C[C@@H]1OC[C@H]([NH3+])C(=O)O[C@@H](C)[C@H](OCc2ccccc2)[C@H]1OCc1ccccc1. The Morgan fingerprint density at radius 3 is 1.86 bits per heavy atom. The molecule has 6 heteroatoms. The van der Waals surface area contributed by atoms with Crippen molar-refractivity contribution in [3.63, 3.8) is 0 Å². The van der Waals surface area contributed by atoms with Crippen molar-refractivity contribution in [1.29, 1.82) is 0 Å². The monoisotopic (exact) mass is 400 g/mol. The van der Waals surface area contributed by atoms with Gasteiger partial charge in [-0.05, 0) is 25.0 Å². The fourth-order valence-corrected chi connectivity index (χ4v) is 3.31. The minimum Gasteiger partial charge on any atom is -0.455 e. The molecule has 0 aliphatic carbocycles. The molecular weight excluding hydrogens is 370 g/mol. The molecule has 2 aromatic rings. The number of carbonyl (C=O) groups is 1. The summed E-state index contributed by atoms with van der Waals surface area (Å²) >= 11 is 0. The Morgan fingerprint density at radius 2 is 1.34 bits per heavy atom. The third-order valence-electron chi connectivity index (χ3n) is 5.02. The molecule has 1 heterocycles. The Bertz CT molecular complexity index is 754. The van der Waals surface area contributed by atoms with Gasteiger partial charge in [0.15, 0.2) is 0 Å².